The van der Waals surface area contributed by atoms with Crippen LogP contribution >= 0.6 is 0 Å². The molecule has 0 fully saturated rings. The van der Waals surface area contributed by atoms with E-state index in [0.29, 0.717) is 0 Å². The number of aliphatic imine (C=N–C) groups is 1. The van der Waals surface area contributed by atoms with E-state index in [1.54, 1.807) is 6.21 Å². The maximum Gasteiger partial charge on any atom is 0.0655 e. The Labute approximate surface area is 115 Å². The van der Waals surface area contributed by atoms with E-state index < -0.39 is 0 Å². The predicted octanol–water partition coefficient (Wildman–Crippen LogP) is 6.11. The Kier molecular flexibility index (Phi) is 21.9. The van der Waals surface area contributed by atoms with Gasteiger partial charge in [-0.1, -0.05) is 64.2 Å². The second-order valence-corrected chi connectivity index (χ2v) is 2.90. The Morgan fingerprint density at radius 1 is 0.944 bits per heavy atom. The van der Waals surface area contributed by atoms with Gasteiger partial charge in [0, 0.05) is 6.21 Å². The van der Waals surface area contributed by atoms with E-state index in [1.165, 1.54) is 5.57 Å². The van der Waals surface area contributed by atoms with Crippen LogP contribution in [-0.4, -0.2) is 6.21 Å². The fourth-order valence-electron chi connectivity index (χ4n) is 1.02. The monoisotopic (exact) mass is 249 g/mol. The molecule has 0 saturated carbocycles. The molecule has 0 heterocycles. The zero-order valence-corrected chi connectivity index (χ0v) is 13.5. The first-order chi connectivity index (χ1) is 8.69. The topological polar surface area (TPSA) is 12.4 Å². The summed E-state index contributed by atoms with van der Waals surface area (Å²) in [4.78, 5) is 4.27. The standard InChI is InChI=1S/C13H19N.2C2H6/c1-6-11(5)10-12(7-2)13(8-3)14-9-4;2*1-2/h6-10H,2H2,1,3-5H3;2*1-2H3/b11-6-,12-10-,13-8+,14-9?;;. The summed E-state index contributed by atoms with van der Waals surface area (Å²) in [5.41, 5.74) is 3.23. The molecule has 0 aromatic carbocycles. The van der Waals surface area contributed by atoms with Crippen LogP contribution in [0.1, 0.15) is 55.4 Å². The third-order valence-electron chi connectivity index (χ3n) is 1.90. The van der Waals surface area contributed by atoms with Crippen LogP contribution in [0.5, 0.6) is 0 Å². The molecule has 0 amide bonds. The lowest BCUT2D eigenvalue weighted by molar-refractivity contribution is 1.31. The van der Waals surface area contributed by atoms with Gasteiger partial charge in [0.05, 0.1) is 5.70 Å². The Morgan fingerprint density at radius 2 is 1.44 bits per heavy atom. The molecule has 0 aliphatic carbocycles. The third kappa shape index (κ3) is 11.1. The molecule has 0 atom stereocenters. The first kappa shape index (κ1) is 21.9. The van der Waals surface area contributed by atoms with Gasteiger partial charge in [-0.25, -0.2) is 0 Å². The summed E-state index contributed by atoms with van der Waals surface area (Å²) in [6.07, 6.45) is 9.74. The van der Waals surface area contributed by atoms with E-state index in [2.05, 4.69) is 30.6 Å². The summed E-state index contributed by atoms with van der Waals surface area (Å²) in [5.74, 6) is 0. The van der Waals surface area contributed by atoms with Gasteiger partial charge in [0.1, 0.15) is 0 Å². The highest BCUT2D eigenvalue weighted by Gasteiger charge is 1.97. The van der Waals surface area contributed by atoms with Crippen molar-refractivity contribution in [2.45, 2.75) is 55.4 Å². The molecule has 1 heteroatoms. The number of allylic oxidation sites excluding steroid dienone is 5. The smallest absolute Gasteiger partial charge is 0.0655 e. The van der Waals surface area contributed by atoms with Crippen molar-refractivity contribution in [3.63, 3.8) is 0 Å². The first-order valence-corrected chi connectivity index (χ1v) is 6.82. The van der Waals surface area contributed by atoms with Crippen molar-refractivity contribution in [3.8, 4) is 0 Å². The number of nitrogens with zero attached hydrogens (tertiary/aromatic N) is 1. The van der Waals surface area contributed by atoms with Gasteiger partial charge in [0.25, 0.3) is 0 Å². The van der Waals surface area contributed by atoms with Crippen molar-refractivity contribution in [1.82, 2.24) is 0 Å². The second-order valence-electron chi connectivity index (χ2n) is 2.90. The van der Waals surface area contributed by atoms with E-state index in [0.717, 1.165) is 11.3 Å². The molecule has 0 saturated heterocycles. The van der Waals surface area contributed by atoms with Gasteiger partial charge in [0.15, 0.2) is 0 Å². The minimum Gasteiger partial charge on any atom is -0.261 e. The third-order valence-corrected chi connectivity index (χ3v) is 1.90. The molecule has 0 bridgehead atoms. The molecule has 0 unspecified atom stereocenters. The summed E-state index contributed by atoms with van der Waals surface area (Å²) in [6.45, 7) is 19.8. The predicted molar refractivity (Wildman–Crippen MR) is 88.3 cm³/mol. The summed E-state index contributed by atoms with van der Waals surface area (Å²) in [5, 5.41) is 0. The molecular formula is C17H31N. The molecule has 18 heavy (non-hydrogen) atoms. The van der Waals surface area contributed by atoms with Crippen LogP contribution in [0.15, 0.2) is 52.7 Å². The van der Waals surface area contributed by atoms with Crippen LogP contribution in [0.4, 0.5) is 0 Å². The molecule has 0 aromatic heterocycles. The number of rotatable bonds is 4. The van der Waals surface area contributed by atoms with E-state index in [1.807, 2.05) is 60.6 Å². The molecule has 0 rings (SSSR count). The van der Waals surface area contributed by atoms with Gasteiger partial charge < -0.3 is 0 Å². The van der Waals surface area contributed by atoms with Crippen molar-refractivity contribution in [2.75, 3.05) is 0 Å². The highest BCUT2D eigenvalue weighted by molar-refractivity contribution is 5.58. The van der Waals surface area contributed by atoms with E-state index in [4.69, 9.17) is 0 Å². The quantitative estimate of drug-likeness (QED) is 0.421. The largest absolute Gasteiger partial charge is 0.261 e. The van der Waals surface area contributed by atoms with Gasteiger partial charge >= 0.3 is 0 Å². The summed E-state index contributed by atoms with van der Waals surface area (Å²) in [7, 11) is 0. The van der Waals surface area contributed by atoms with Crippen molar-refractivity contribution >= 4 is 6.21 Å². The average Bonchev–Trinajstić information content (AvgIpc) is 2.46. The second kappa shape index (κ2) is 18.0. The fraction of sp³-hybridized carbons (Fsp3) is 0.471. The minimum atomic E-state index is 0.962. The molecular weight excluding hydrogens is 218 g/mol. The summed E-state index contributed by atoms with van der Waals surface area (Å²) < 4.78 is 0. The lowest BCUT2D eigenvalue weighted by atomic mass is 10.1. The SMILES string of the molecule is C=CC(=C/C(C)=C\C)/C(=C\C)N=CC.CC.CC. The maximum absolute atomic E-state index is 4.27. The van der Waals surface area contributed by atoms with Crippen molar-refractivity contribution in [1.29, 1.82) is 0 Å². The fourth-order valence-corrected chi connectivity index (χ4v) is 1.02. The molecule has 0 aliphatic heterocycles. The van der Waals surface area contributed by atoms with Crippen molar-refractivity contribution < 1.29 is 0 Å². The summed E-state index contributed by atoms with van der Waals surface area (Å²) >= 11 is 0. The zero-order valence-electron chi connectivity index (χ0n) is 13.5. The Bertz CT molecular complexity index is 302. The van der Waals surface area contributed by atoms with Gasteiger partial charge in [0.2, 0.25) is 0 Å². The molecule has 0 spiro atoms. The molecule has 1 nitrogen and oxygen atoms in total. The highest BCUT2D eigenvalue weighted by atomic mass is 14.7. The van der Waals surface area contributed by atoms with E-state index in [9.17, 15) is 0 Å². The molecule has 0 radical (unpaired) electrons. The van der Waals surface area contributed by atoms with Crippen molar-refractivity contribution in [3.05, 3.63) is 47.7 Å². The first-order valence-electron chi connectivity index (χ1n) is 6.82. The van der Waals surface area contributed by atoms with Gasteiger partial charge in [-0.3, -0.25) is 4.99 Å². The Morgan fingerprint density at radius 3 is 1.72 bits per heavy atom. The minimum absolute atomic E-state index is 0.962. The molecule has 0 N–H and O–H groups in total. The van der Waals surface area contributed by atoms with E-state index in [-0.39, 0.29) is 0 Å². The number of hydrogen-bond acceptors (Lipinski definition) is 1. The lowest BCUT2D eigenvalue weighted by Gasteiger charge is -2.02. The van der Waals surface area contributed by atoms with Crippen LogP contribution in [-0.2, 0) is 0 Å². The molecule has 0 aliphatic rings. The van der Waals surface area contributed by atoms with Gasteiger partial charge in [-0.2, -0.15) is 0 Å². The van der Waals surface area contributed by atoms with Crippen LogP contribution in [0.3, 0.4) is 0 Å². The van der Waals surface area contributed by atoms with Crippen molar-refractivity contribution in [2.24, 2.45) is 4.99 Å². The van der Waals surface area contributed by atoms with E-state index >= 15 is 0 Å². The lowest BCUT2D eigenvalue weighted by Crippen LogP contribution is -1.84. The van der Waals surface area contributed by atoms with Crippen LogP contribution < -0.4 is 0 Å². The van der Waals surface area contributed by atoms with Crippen LogP contribution in [0.2, 0.25) is 0 Å². The Balaban J connectivity index is -0.000000506. The average molecular weight is 249 g/mol. The summed E-state index contributed by atoms with van der Waals surface area (Å²) in [6, 6.07) is 0. The van der Waals surface area contributed by atoms with Gasteiger partial charge in [-0.15, -0.1) is 0 Å². The van der Waals surface area contributed by atoms with Crippen LogP contribution in [0.25, 0.3) is 0 Å². The van der Waals surface area contributed by atoms with Crippen LogP contribution in [0, 0.1) is 0 Å². The zero-order chi connectivity index (χ0) is 15.0. The normalized spacial score (nSPS) is 12.3. The molecule has 104 valence electrons. The Hall–Kier alpha value is -1.37. The molecule has 0 aromatic rings. The number of hydrogen-bond donors (Lipinski definition) is 0. The van der Waals surface area contributed by atoms with Gasteiger partial charge in [-0.05, 0) is 33.3 Å². The highest BCUT2D eigenvalue weighted by Crippen LogP contribution is 2.14. The maximum atomic E-state index is 4.27.